The number of ether oxygens (including phenoxy) is 1. The normalized spacial score (nSPS) is 45.6. The average molecular weight is 390 g/mol. The molecule has 3 nitrogen and oxygen atoms in total. The minimum absolute atomic E-state index is 0.0250. The van der Waals surface area contributed by atoms with E-state index < -0.39 is 0 Å². The Labute approximate surface area is 173 Å². The largest absolute Gasteiger partial charge is 0.378 e. The maximum absolute atomic E-state index is 12.6. The van der Waals surface area contributed by atoms with E-state index in [2.05, 4.69) is 32.8 Å². The van der Waals surface area contributed by atoms with Gasteiger partial charge in [-0.05, 0) is 114 Å². The number of ketones is 1. The zero-order valence-corrected chi connectivity index (χ0v) is 18.8. The minimum atomic E-state index is 0.0250. The summed E-state index contributed by atoms with van der Waals surface area (Å²) in [6, 6.07) is 0. The summed E-state index contributed by atoms with van der Waals surface area (Å²) in [5.74, 6) is 3.78. The number of carbonyl (C=O) groups excluding carboxylic acids is 1. The van der Waals surface area contributed by atoms with Crippen LogP contribution in [-0.4, -0.2) is 44.0 Å². The van der Waals surface area contributed by atoms with Gasteiger partial charge in [0.15, 0.2) is 0 Å². The van der Waals surface area contributed by atoms with E-state index >= 15 is 0 Å². The SMILES string of the molecule is CN(C)CCCCOC1CCC2(C)C(CCC3C4CCC(=O)C4(C)CCC32)C1. The standard InChI is InChI=1S/C25H43NO2/c1-24-13-11-19(28-16-6-5-15-26(3)4)17-18(24)7-8-20-21-9-10-23(27)25(21,2)14-12-22(20)24/h18-22H,5-17H2,1-4H3. The molecule has 0 saturated heterocycles. The Morgan fingerprint density at radius 1 is 1.00 bits per heavy atom. The molecule has 28 heavy (non-hydrogen) atoms. The van der Waals surface area contributed by atoms with Crippen LogP contribution in [0.25, 0.3) is 0 Å². The van der Waals surface area contributed by atoms with Gasteiger partial charge in [0.2, 0.25) is 0 Å². The van der Waals surface area contributed by atoms with Crippen molar-refractivity contribution in [2.75, 3.05) is 27.2 Å². The smallest absolute Gasteiger partial charge is 0.139 e. The van der Waals surface area contributed by atoms with Gasteiger partial charge < -0.3 is 9.64 Å². The van der Waals surface area contributed by atoms with Crippen molar-refractivity contribution in [1.82, 2.24) is 4.90 Å². The van der Waals surface area contributed by atoms with Gasteiger partial charge >= 0.3 is 0 Å². The molecule has 0 aromatic rings. The summed E-state index contributed by atoms with van der Waals surface area (Å²) in [7, 11) is 4.29. The molecule has 0 aromatic heterocycles. The second-order valence-electron chi connectivity index (χ2n) is 11.4. The Balaban J connectivity index is 1.34. The van der Waals surface area contributed by atoms with Crippen LogP contribution in [-0.2, 0) is 9.53 Å². The fraction of sp³-hybridized carbons (Fsp3) is 0.960. The Hall–Kier alpha value is -0.410. The molecule has 0 radical (unpaired) electrons. The summed E-state index contributed by atoms with van der Waals surface area (Å²) < 4.78 is 6.33. The third kappa shape index (κ3) is 3.60. The summed E-state index contributed by atoms with van der Waals surface area (Å²) >= 11 is 0. The van der Waals surface area contributed by atoms with Gasteiger partial charge in [0.25, 0.3) is 0 Å². The molecule has 3 heteroatoms. The predicted octanol–water partition coefficient (Wildman–Crippen LogP) is 5.33. The summed E-state index contributed by atoms with van der Waals surface area (Å²) in [4.78, 5) is 14.8. The predicted molar refractivity (Wildman–Crippen MR) is 114 cm³/mol. The number of hydrogen-bond acceptors (Lipinski definition) is 3. The zero-order chi connectivity index (χ0) is 19.9. The first-order valence-electron chi connectivity index (χ1n) is 12.1. The van der Waals surface area contributed by atoms with Crippen LogP contribution in [0.1, 0.15) is 84.5 Å². The van der Waals surface area contributed by atoms with Crippen molar-refractivity contribution >= 4 is 5.78 Å². The van der Waals surface area contributed by atoms with Gasteiger partial charge in [-0.15, -0.1) is 0 Å². The van der Waals surface area contributed by atoms with E-state index in [9.17, 15) is 4.79 Å². The van der Waals surface area contributed by atoms with E-state index in [-0.39, 0.29) is 5.41 Å². The topological polar surface area (TPSA) is 29.5 Å². The molecule has 0 aromatic carbocycles. The van der Waals surface area contributed by atoms with Crippen LogP contribution in [0, 0.1) is 34.5 Å². The maximum Gasteiger partial charge on any atom is 0.139 e. The second kappa shape index (κ2) is 8.02. The van der Waals surface area contributed by atoms with Crippen molar-refractivity contribution in [3.05, 3.63) is 0 Å². The fourth-order valence-corrected chi connectivity index (χ4v) is 7.92. The van der Waals surface area contributed by atoms with Crippen molar-refractivity contribution in [3.8, 4) is 0 Å². The first-order valence-corrected chi connectivity index (χ1v) is 12.1. The molecule has 0 aliphatic heterocycles. The van der Waals surface area contributed by atoms with Gasteiger partial charge in [0, 0.05) is 18.4 Å². The quantitative estimate of drug-likeness (QED) is 0.575. The molecule has 4 aliphatic rings. The van der Waals surface area contributed by atoms with Gasteiger partial charge in [0.1, 0.15) is 5.78 Å². The molecular formula is C25H43NO2. The highest BCUT2D eigenvalue weighted by Gasteiger charge is 2.60. The number of Topliss-reactive ketones (excluding diaryl/α,β-unsaturated/α-hetero) is 1. The molecule has 4 aliphatic carbocycles. The Morgan fingerprint density at radius 2 is 1.82 bits per heavy atom. The number of carbonyl (C=O) groups is 1. The first kappa shape index (κ1) is 20.8. The Bertz CT molecular complexity index is 575. The lowest BCUT2D eigenvalue weighted by Gasteiger charge is -2.60. The lowest BCUT2D eigenvalue weighted by atomic mass is 9.45. The molecule has 4 saturated carbocycles. The molecule has 0 N–H and O–H groups in total. The summed E-state index contributed by atoms with van der Waals surface area (Å²) in [6.45, 7) is 7.02. The highest BCUT2D eigenvalue weighted by atomic mass is 16.5. The zero-order valence-electron chi connectivity index (χ0n) is 18.8. The highest BCUT2D eigenvalue weighted by molar-refractivity contribution is 5.87. The van der Waals surface area contributed by atoms with E-state index in [1.807, 2.05) is 0 Å². The third-order valence-electron chi connectivity index (χ3n) is 9.68. The van der Waals surface area contributed by atoms with Crippen molar-refractivity contribution in [3.63, 3.8) is 0 Å². The van der Waals surface area contributed by atoms with Crippen LogP contribution in [0.15, 0.2) is 0 Å². The lowest BCUT2D eigenvalue weighted by Crippen LogP contribution is -2.54. The van der Waals surface area contributed by atoms with Gasteiger partial charge in [-0.1, -0.05) is 13.8 Å². The first-order chi connectivity index (χ1) is 13.3. The second-order valence-corrected chi connectivity index (χ2v) is 11.4. The van der Waals surface area contributed by atoms with Crippen LogP contribution < -0.4 is 0 Å². The van der Waals surface area contributed by atoms with E-state index in [1.165, 1.54) is 64.3 Å². The summed E-state index contributed by atoms with van der Waals surface area (Å²) in [6.07, 6.45) is 14.0. The summed E-state index contributed by atoms with van der Waals surface area (Å²) in [5, 5.41) is 0. The van der Waals surface area contributed by atoms with Crippen molar-refractivity contribution in [2.24, 2.45) is 34.5 Å². The number of nitrogens with zero attached hydrogens (tertiary/aromatic N) is 1. The van der Waals surface area contributed by atoms with Crippen molar-refractivity contribution in [2.45, 2.75) is 90.6 Å². The van der Waals surface area contributed by atoms with Gasteiger partial charge in [-0.3, -0.25) is 4.79 Å². The molecule has 160 valence electrons. The molecular weight excluding hydrogens is 346 g/mol. The van der Waals surface area contributed by atoms with E-state index in [1.54, 1.807) is 0 Å². The maximum atomic E-state index is 12.6. The number of rotatable bonds is 6. The Morgan fingerprint density at radius 3 is 2.61 bits per heavy atom. The van der Waals surface area contributed by atoms with Crippen molar-refractivity contribution < 1.29 is 9.53 Å². The number of unbranched alkanes of at least 4 members (excludes halogenated alkanes) is 1. The molecule has 4 rings (SSSR count). The van der Waals surface area contributed by atoms with E-state index in [0.717, 1.165) is 37.2 Å². The van der Waals surface area contributed by atoms with Crippen molar-refractivity contribution in [1.29, 1.82) is 0 Å². The van der Waals surface area contributed by atoms with Gasteiger partial charge in [-0.25, -0.2) is 0 Å². The van der Waals surface area contributed by atoms with Gasteiger partial charge in [0.05, 0.1) is 6.10 Å². The minimum Gasteiger partial charge on any atom is -0.378 e. The molecule has 0 amide bonds. The Kier molecular flexibility index (Phi) is 5.97. The molecule has 7 unspecified atom stereocenters. The van der Waals surface area contributed by atoms with Crippen LogP contribution >= 0.6 is 0 Å². The average Bonchev–Trinajstić information content (AvgIpc) is 2.96. The van der Waals surface area contributed by atoms with Crippen LogP contribution in [0.3, 0.4) is 0 Å². The van der Waals surface area contributed by atoms with Crippen LogP contribution in [0.2, 0.25) is 0 Å². The molecule has 0 heterocycles. The summed E-state index contributed by atoms with van der Waals surface area (Å²) in [5.41, 5.74) is 0.526. The highest BCUT2D eigenvalue weighted by Crippen LogP contribution is 2.65. The monoisotopic (exact) mass is 389 g/mol. The fourth-order valence-electron chi connectivity index (χ4n) is 7.92. The molecule has 0 bridgehead atoms. The molecule has 0 spiro atoms. The lowest BCUT2D eigenvalue weighted by molar-refractivity contribution is -0.145. The van der Waals surface area contributed by atoms with Crippen LogP contribution in [0.4, 0.5) is 0 Å². The number of fused-ring (bicyclic) bond motifs is 5. The van der Waals surface area contributed by atoms with Crippen LogP contribution in [0.5, 0.6) is 0 Å². The van der Waals surface area contributed by atoms with E-state index in [0.29, 0.717) is 23.2 Å². The number of hydrogen-bond donors (Lipinski definition) is 0. The van der Waals surface area contributed by atoms with E-state index in [4.69, 9.17) is 4.74 Å². The third-order valence-corrected chi connectivity index (χ3v) is 9.68. The molecule has 4 fully saturated rings. The molecule has 7 atom stereocenters. The van der Waals surface area contributed by atoms with Gasteiger partial charge in [-0.2, -0.15) is 0 Å².